The van der Waals surface area contributed by atoms with Crippen LogP contribution >= 0.6 is 0 Å². The monoisotopic (exact) mass is 500 g/mol. The summed E-state index contributed by atoms with van der Waals surface area (Å²) in [5.74, 6) is -3.69. The van der Waals surface area contributed by atoms with Gasteiger partial charge in [-0.3, -0.25) is 24.0 Å². The first-order chi connectivity index (χ1) is 17.0. The highest BCUT2D eigenvalue weighted by molar-refractivity contribution is 6.35. The fourth-order valence-electron chi connectivity index (χ4n) is 4.49. The Morgan fingerprint density at radius 1 is 1.06 bits per heavy atom. The molecular formula is C26H36N4O6. The number of carbonyl (C=O) groups excluding carboxylic acids is 5. The Morgan fingerprint density at radius 2 is 1.72 bits per heavy atom. The van der Waals surface area contributed by atoms with Crippen LogP contribution in [0.1, 0.15) is 57.1 Å². The number of carbonyl (C=O) groups is 5. The third-order valence-electron chi connectivity index (χ3n) is 6.79. The minimum absolute atomic E-state index is 0.000882. The molecule has 36 heavy (non-hydrogen) atoms. The van der Waals surface area contributed by atoms with Gasteiger partial charge in [0.05, 0.1) is 11.6 Å². The second kappa shape index (κ2) is 11.6. The van der Waals surface area contributed by atoms with Gasteiger partial charge in [-0.15, -0.1) is 0 Å². The Bertz CT molecular complexity index is 1000. The van der Waals surface area contributed by atoms with Gasteiger partial charge < -0.3 is 26.4 Å². The van der Waals surface area contributed by atoms with Gasteiger partial charge in [0.25, 0.3) is 0 Å². The van der Waals surface area contributed by atoms with Crippen LogP contribution in [0.3, 0.4) is 0 Å². The third-order valence-corrected chi connectivity index (χ3v) is 6.79. The first-order valence-corrected chi connectivity index (χ1v) is 12.5. The second-order valence-electron chi connectivity index (χ2n) is 10.3. The van der Waals surface area contributed by atoms with E-state index in [1.807, 2.05) is 45.0 Å². The quantitative estimate of drug-likeness (QED) is 0.274. The molecule has 1 aliphatic carbocycles. The fourth-order valence-corrected chi connectivity index (χ4v) is 4.49. The van der Waals surface area contributed by atoms with Crippen molar-refractivity contribution < 1.29 is 29.1 Å². The predicted octanol–water partition coefficient (Wildman–Crippen LogP) is 0.204. The van der Waals surface area contributed by atoms with Crippen molar-refractivity contribution in [1.29, 1.82) is 0 Å². The van der Waals surface area contributed by atoms with Crippen LogP contribution < -0.4 is 21.3 Å². The van der Waals surface area contributed by atoms with E-state index in [0.29, 0.717) is 25.8 Å². The Hall–Kier alpha value is -3.27. The molecule has 1 heterocycles. The number of aryl methyl sites for hydroxylation is 1. The minimum atomic E-state index is -1.08. The highest BCUT2D eigenvalue weighted by Gasteiger charge is 2.46. The predicted molar refractivity (Wildman–Crippen MR) is 131 cm³/mol. The van der Waals surface area contributed by atoms with E-state index < -0.39 is 53.7 Å². The van der Waals surface area contributed by atoms with Gasteiger partial charge in [-0.25, -0.2) is 0 Å². The number of nitrogens with one attached hydrogen (secondary N) is 4. The van der Waals surface area contributed by atoms with E-state index in [9.17, 15) is 29.1 Å². The van der Waals surface area contributed by atoms with E-state index in [-0.39, 0.29) is 24.7 Å². The number of hydrogen-bond donors (Lipinski definition) is 5. The van der Waals surface area contributed by atoms with Crippen LogP contribution in [0.15, 0.2) is 24.3 Å². The number of ketones is 1. The Labute approximate surface area is 211 Å². The van der Waals surface area contributed by atoms with Crippen molar-refractivity contribution in [2.24, 2.45) is 11.8 Å². The molecule has 1 aliphatic heterocycles. The first kappa shape index (κ1) is 27.3. The number of Topliss-reactive ketones (excluding diaryl/α,β-unsaturated/α-hetero) is 1. The largest absolute Gasteiger partial charge is 0.389 e. The molecule has 0 spiro atoms. The van der Waals surface area contributed by atoms with Crippen LogP contribution in [-0.2, 0) is 29.5 Å². The number of aliphatic hydroxyl groups excluding tert-OH is 1. The van der Waals surface area contributed by atoms with Gasteiger partial charge in [0.2, 0.25) is 11.8 Å². The maximum absolute atomic E-state index is 13.1. The highest BCUT2D eigenvalue weighted by Crippen LogP contribution is 2.45. The summed E-state index contributed by atoms with van der Waals surface area (Å²) in [5.41, 5.74) is 1.43. The molecule has 4 amide bonds. The molecule has 1 saturated carbocycles. The lowest BCUT2D eigenvalue weighted by atomic mass is 9.95. The minimum Gasteiger partial charge on any atom is -0.389 e. The lowest BCUT2D eigenvalue weighted by Gasteiger charge is -2.25. The van der Waals surface area contributed by atoms with Gasteiger partial charge >= 0.3 is 11.8 Å². The first-order valence-electron chi connectivity index (χ1n) is 12.5. The van der Waals surface area contributed by atoms with Crippen LogP contribution in [-0.4, -0.2) is 59.8 Å². The number of rotatable bonds is 11. The maximum Gasteiger partial charge on any atom is 0.310 e. The summed E-state index contributed by atoms with van der Waals surface area (Å²) in [6.07, 6.45) is 2.24. The molecule has 0 aromatic heterocycles. The van der Waals surface area contributed by atoms with Crippen molar-refractivity contribution in [3.8, 4) is 0 Å². The Morgan fingerprint density at radius 3 is 2.25 bits per heavy atom. The zero-order chi connectivity index (χ0) is 26.5. The van der Waals surface area contributed by atoms with Gasteiger partial charge in [0.15, 0.2) is 5.78 Å². The average molecular weight is 501 g/mol. The molecule has 0 unspecified atom stereocenters. The van der Waals surface area contributed by atoms with E-state index >= 15 is 0 Å². The third kappa shape index (κ3) is 6.90. The lowest BCUT2D eigenvalue weighted by Crippen LogP contribution is -2.55. The molecule has 196 valence electrons. The van der Waals surface area contributed by atoms with E-state index in [4.69, 9.17) is 0 Å². The molecule has 10 nitrogen and oxygen atoms in total. The number of amides is 4. The SMILES string of the molecule is Cc1ccc(C2(NC(=O)C(=O)N[C@@H](CC(C)C)C(=O)N[C@@H](C[C@@H]3CCNC3=O)C(=O)CO)CC2)cc1. The van der Waals surface area contributed by atoms with Crippen molar-refractivity contribution in [2.45, 2.75) is 70.5 Å². The topological polar surface area (TPSA) is 154 Å². The van der Waals surface area contributed by atoms with Crippen LogP contribution in [0.4, 0.5) is 0 Å². The molecule has 3 atom stereocenters. The van der Waals surface area contributed by atoms with Crippen molar-refractivity contribution >= 4 is 29.4 Å². The van der Waals surface area contributed by atoms with Gasteiger partial charge in [0.1, 0.15) is 12.6 Å². The number of hydrogen-bond acceptors (Lipinski definition) is 6. The van der Waals surface area contributed by atoms with Gasteiger partial charge in [0, 0.05) is 12.5 Å². The molecule has 10 heteroatoms. The molecule has 1 aromatic rings. The highest BCUT2D eigenvalue weighted by atomic mass is 16.3. The molecular weight excluding hydrogens is 464 g/mol. The normalized spacial score (nSPS) is 19.7. The summed E-state index contributed by atoms with van der Waals surface area (Å²) in [6.45, 7) is 5.40. The van der Waals surface area contributed by atoms with Crippen LogP contribution in [0.25, 0.3) is 0 Å². The van der Waals surface area contributed by atoms with E-state index in [0.717, 1.165) is 11.1 Å². The summed E-state index contributed by atoms with van der Waals surface area (Å²) in [7, 11) is 0. The summed E-state index contributed by atoms with van der Waals surface area (Å²) in [6, 6.07) is 5.61. The standard InChI is InChI=1S/C26H36N4O6/c1-15(2)12-20(23(34)28-19(21(32)14-31)13-17-8-11-27-22(17)33)29-24(35)25(36)30-26(9-10-26)18-6-4-16(3)5-7-18/h4-7,15,17,19-20,31H,8-14H2,1-3H3,(H,27,33)(H,28,34)(H,29,35)(H,30,36)/t17-,19-,20-/m0/s1. The molecule has 2 fully saturated rings. The van der Waals surface area contributed by atoms with E-state index in [1.165, 1.54) is 0 Å². The van der Waals surface area contributed by atoms with E-state index in [2.05, 4.69) is 21.3 Å². The molecule has 0 bridgehead atoms. The number of aliphatic hydroxyl groups is 1. The van der Waals surface area contributed by atoms with E-state index in [1.54, 1.807) is 0 Å². The van der Waals surface area contributed by atoms with Crippen molar-refractivity contribution in [2.75, 3.05) is 13.2 Å². The van der Waals surface area contributed by atoms with Gasteiger partial charge in [-0.2, -0.15) is 0 Å². The Balaban J connectivity index is 1.65. The molecule has 5 N–H and O–H groups in total. The number of benzene rings is 1. The molecule has 1 saturated heterocycles. The summed E-state index contributed by atoms with van der Waals surface area (Å²) >= 11 is 0. The van der Waals surface area contributed by atoms with Crippen molar-refractivity contribution in [3.05, 3.63) is 35.4 Å². The zero-order valence-corrected chi connectivity index (χ0v) is 21.1. The summed E-state index contributed by atoms with van der Waals surface area (Å²) in [5, 5.41) is 19.9. The molecule has 2 aliphatic rings. The second-order valence-corrected chi connectivity index (χ2v) is 10.3. The van der Waals surface area contributed by atoms with Gasteiger partial charge in [-0.1, -0.05) is 43.7 Å². The van der Waals surface area contributed by atoms with Crippen LogP contribution in [0.2, 0.25) is 0 Å². The summed E-state index contributed by atoms with van der Waals surface area (Å²) in [4.78, 5) is 62.8. The van der Waals surface area contributed by atoms with Crippen LogP contribution in [0, 0.1) is 18.8 Å². The molecule has 0 radical (unpaired) electrons. The zero-order valence-electron chi connectivity index (χ0n) is 21.1. The fraction of sp³-hybridized carbons (Fsp3) is 0.577. The Kier molecular flexibility index (Phi) is 8.84. The molecule has 1 aromatic carbocycles. The van der Waals surface area contributed by atoms with Crippen molar-refractivity contribution in [1.82, 2.24) is 21.3 Å². The van der Waals surface area contributed by atoms with Crippen molar-refractivity contribution in [3.63, 3.8) is 0 Å². The average Bonchev–Trinajstić information content (AvgIpc) is 3.50. The summed E-state index contributed by atoms with van der Waals surface area (Å²) < 4.78 is 0. The maximum atomic E-state index is 13.1. The molecule has 3 rings (SSSR count). The van der Waals surface area contributed by atoms with Gasteiger partial charge in [-0.05, 0) is 50.5 Å². The lowest BCUT2D eigenvalue weighted by molar-refractivity contribution is -0.141. The smallest absolute Gasteiger partial charge is 0.310 e. The van der Waals surface area contributed by atoms with Crippen LogP contribution in [0.5, 0.6) is 0 Å².